The predicted molar refractivity (Wildman–Crippen MR) is 96.2 cm³/mol. The summed E-state index contributed by atoms with van der Waals surface area (Å²) in [4.78, 5) is 2.23. The Bertz CT molecular complexity index is 854. The number of hydrogen-bond donors (Lipinski definition) is 2. The van der Waals surface area contributed by atoms with Crippen molar-refractivity contribution in [2.45, 2.75) is 31.1 Å². The molecule has 0 aliphatic carbocycles. The summed E-state index contributed by atoms with van der Waals surface area (Å²) in [6.07, 6.45) is 1.20. The highest BCUT2D eigenvalue weighted by molar-refractivity contribution is 7.89. The smallest absolute Gasteiger partial charge is 0.276 e. The molecule has 0 spiro atoms. The van der Waals surface area contributed by atoms with E-state index in [2.05, 4.69) is 30.7 Å². The number of benzene rings is 2. The van der Waals surface area contributed by atoms with Crippen LogP contribution in [0.4, 0.5) is 0 Å². The number of phenolic OH excluding ortho intramolecular Hbond substituents is 1. The highest BCUT2D eigenvalue weighted by Crippen LogP contribution is 2.23. The van der Waals surface area contributed by atoms with Crippen LogP contribution in [0.2, 0.25) is 5.02 Å². The number of nitrogens with zero attached hydrogens (tertiary/aromatic N) is 1. The lowest BCUT2D eigenvalue weighted by atomic mass is 9.87. The van der Waals surface area contributed by atoms with Crippen molar-refractivity contribution in [3.63, 3.8) is 0 Å². The Morgan fingerprint density at radius 1 is 1.12 bits per heavy atom. The van der Waals surface area contributed by atoms with Gasteiger partial charge in [-0.25, -0.2) is 4.83 Å². The Labute approximate surface area is 147 Å². The Kier molecular flexibility index (Phi) is 5.20. The Morgan fingerprint density at radius 3 is 2.33 bits per heavy atom. The number of hydrogen-bond acceptors (Lipinski definition) is 4. The van der Waals surface area contributed by atoms with Crippen molar-refractivity contribution in [2.24, 2.45) is 5.10 Å². The van der Waals surface area contributed by atoms with Crippen molar-refractivity contribution < 1.29 is 13.5 Å². The van der Waals surface area contributed by atoms with Crippen molar-refractivity contribution in [1.82, 2.24) is 4.83 Å². The van der Waals surface area contributed by atoms with Gasteiger partial charge in [-0.15, -0.1) is 0 Å². The van der Waals surface area contributed by atoms with Crippen molar-refractivity contribution >= 4 is 27.8 Å². The molecule has 0 amide bonds. The number of halogens is 1. The molecule has 0 heterocycles. The van der Waals surface area contributed by atoms with Gasteiger partial charge < -0.3 is 5.11 Å². The molecule has 2 aromatic carbocycles. The van der Waals surface area contributed by atoms with Gasteiger partial charge in [0.15, 0.2) is 0 Å². The molecule has 2 N–H and O–H groups in total. The maximum atomic E-state index is 12.2. The Hall–Kier alpha value is -2.05. The highest BCUT2D eigenvalue weighted by Gasteiger charge is 2.17. The Morgan fingerprint density at radius 2 is 1.75 bits per heavy atom. The van der Waals surface area contributed by atoms with Crippen LogP contribution >= 0.6 is 11.6 Å². The second kappa shape index (κ2) is 6.83. The fraction of sp³-hybridized carbons (Fsp3) is 0.235. The zero-order valence-electron chi connectivity index (χ0n) is 13.6. The first-order chi connectivity index (χ1) is 11.1. The lowest BCUT2D eigenvalue weighted by Crippen LogP contribution is -2.19. The van der Waals surface area contributed by atoms with Crippen molar-refractivity contribution in [1.29, 1.82) is 0 Å². The van der Waals surface area contributed by atoms with Crippen molar-refractivity contribution in [3.8, 4) is 5.75 Å². The molecule has 0 fully saturated rings. The number of aromatic hydroxyl groups is 1. The van der Waals surface area contributed by atoms with Crippen molar-refractivity contribution in [3.05, 3.63) is 58.6 Å². The first-order valence-electron chi connectivity index (χ1n) is 7.23. The third-order valence-electron chi connectivity index (χ3n) is 3.40. The van der Waals surface area contributed by atoms with Crippen LogP contribution < -0.4 is 4.83 Å². The van der Waals surface area contributed by atoms with Crippen LogP contribution in [0.25, 0.3) is 0 Å². The zero-order valence-corrected chi connectivity index (χ0v) is 15.2. The third kappa shape index (κ3) is 4.49. The summed E-state index contributed by atoms with van der Waals surface area (Å²) < 4.78 is 24.4. The van der Waals surface area contributed by atoms with Crippen molar-refractivity contribution in [2.75, 3.05) is 0 Å². The van der Waals surface area contributed by atoms with Gasteiger partial charge in [0.2, 0.25) is 0 Å². The molecular weight excluding hydrogens is 348 g/mol. The molecule has 0 aromatic heterocycles. The van der Waals surface area contributed by atoms with Crippen LogP contribution in [0.15, 0.2) is 52.5 Å². The topological polar surface area (TPSA) is 78.8 Å². The van der Waals surface area contributed by atoms with Gasteiger partial charge in [0, 0.05) is 10.6 Å². The SMILES string of the molecule is CC(C)(C)c1ccc(S(=O)(=O)NN=Cc2cc(Cl)ccc2O)cc1. The molecule has 0 radical (unpaired) electrons. The van der Waals surface area contributed by atoms with Gasteiger partial charge in [-0.1, -0.05) is 44.5 Å². The average Bonchev–Trinajstić information content (AvgIpc) is 2.50. The van der Waals surface area contributed by atoms with Gasteiger partial charge in [-0.05, 0) is 41.3 Å². The minimum atomic E-state index is -3.78. The van der Waals surface area contributed by atoms with Gasteiger partial charge in [0.05, 0.1) is 11.1 Å². The largest absolute Gasteiger partial charge is 0.507 e. The molecule has 2 rings (SSSR count). The molecule has 128 valence electrons. The number of rotatable bonds is 4. The van der Waals surface area contributed by atoms with Crippen LogP contribution in [0.1, 0.15) is 31.9 Å². The molecule has 0 saturated carbocycles. The fourth-order valence-electron chi connectivity index (χ4n) is 1.98. The summed E-state index contributed by atoms with van der Waals surface area (Å²) in [6, 6.07) is 11.0. The molecule has 2 aromatic rings. The third-order valence-corrected chi connectivity index (χ3v) is 4.87. The zero-order chi connectivity index (χ0) is 18.0. The quantitative estimate of drug-likeness (QED) is 0.640. The lowest BCUT2D eigenvalue weighted by Gasteiger charge is -2.19. The standard InChI is InChI=1S/C17H19ClN2O3S/c1-17(2,3)13-4-7-15(8-5-13)24(22,23)20-19-11-12-10-14(18)6-9-16(12)21/h4-11,20-21H,1-3H3. The normalized spacial score (nSPS) is 12.5. The van der Waals surface area contributed by atoms with Gasteiger partial charge in [0.1, 0.15) is 5.75 Å². The number of nitrogens with one attached hydrogen (secondary N) is 1. The van der Waals surface area contributed by atoms with Crippen LogP contribution in [0.3, 0.4) is 0 Å². The summed E-state index contributed by atoms with van der Waals surface area (Å²) in [7, 11) is -3.78. The van der Waals surface area contributed by atoms with Gasteiger partial charge >= 0.3 is 0 Å². The molecule has 7 heteroatoms. The fourth-order valence-corrected chi connectivity index (χ4v) is 2.95. The number of sulfonamides is 1. The summed E-state index contributed by atoms with van der Waals surface area (Å²) in [6.45, 7) is 6.16. The molecule has 0 saturated heterocycles. The molecule has 24 heavy (non-hydrogen) atoms. The molecule has 5 nitrogen and oxygen atoms in total. The molecular formula is C17H19ClN2O3S. The lowest BCUT2D eigenvalue weighted by molar-refractivity contribution is 0.474. The van der Waals surface area contributed by atoms with E-state index in [1.54, 1.807) is 12.1 Å². The first-order valence-corrected chi connectivity index (χ1v) is 9.10. The van der Waals surface area contributed by atoms with Gasteiger partial charge in [0.25, 0.3) is 10.0 Å². The van der Waals surface area contributed by atoms with E-state index in [4.69, 9.17) is 11.6 Å². The number of phenols is 1. The molecule has 0 unspecified atom stereocenters. The minimum absolute atomic E-state index is 0.0446. The van der Waals surface area contributed by atoms with E-state index >= 15 is 0 Å². The second-order valence-corrected chi connectivity index (χ2v) is 8.43. The number of hydrazone groups is 1. The van der Waals surface area contributed by atoms with E-state index in [0.717, 1.165) is 5.56 Å². The van der Waals surface area contributed by atoms with Crippen LogP contribution in [-0.2, 0) is 15.4 Å². The van der Waals surface area contributed by atoms with Gasteiger partial charge in [-0.3, -0.25) is 0 Å². The summed E-state index contributed by atoms with van der Waals surface area (Å²) in [5.41, 5.74) is 1.29. The monoisotopic (exact) mass is 366 g/mol. The van der Waals surface area contributed by atoms with Crippen LogP contribution in [0.5, 0.6) is 5.75 Å². The second-order valence-electron chi connectivity index (χ2n) is 6.33. The van der Waals surface area contributed by atoms with Crippen LogP contribution in [0, 0.1) is 0 Å². The predicted octanol–water partition coefficient (Wildman–Crippen LogP) is 3.66. The van der Waals surface area contributed by atoms with Gasteiger partial charge in [-0.2, -0.15) is 13.5 Å². The summed E-state index contributed by atoms with van der Waals surface area (Å²) in [5.74, 6) is -0.0446. The molecule has 0 aliphatic rings. The van der Waals surface area contributed by atoms with E-state index in [9.17, 15) is 13.5 Å². The van der Waals surface area contributed by atoms with E-state index in [1.165, 1.54) is 36.5 Å². The van der Waals surface area contributed by atoms with E-state index in [1.807, 2.05) is 0 Å². The maximum absolute atomic E-state index is 12.2. The highest BCUT2D eigenvalue weighted by atomic mass is 35.5. The Balaban J connectivity index is 2.16. The van der Waals surface area contributed by atoms with E-state index in [0.29, 0.717) is 10.6 Å². The molecule has 0 atom stereocenters. The minimum Gasteiger partial charge on any atom is -0.507 e. The van der Waals surface area contributed by atoms with E-state index in [-0.39, 0.29) is 16.1 Å². The summed E-state index contributed by atoms with van der Waals surface area (Å²) >= 11 is 5.82. The summed E-state index contributed by atoms with van der Waals surface area (Å²) in [5, 5.41) is 13.8. The maximum Gasteiger partial charge on any atom is 0.276 e. The first kappa shape index (κ1) is 18.3. The van der Waals surface area contributed by atoms with Crippen LogP contribution in [-0.4, -0.2) is 19.7 Å². The molecule has 0 bridgehead atoms. The molecule has 0 aliphatic heterocycles. The van der Waals surface area contributed by atoms with E-state index < -0.39 is 10.0 Å². The average molecular weight is 367 g/mol.